The standard InChI is InChI=1S/C16H24N4O3/c1-13(18-15-14(20(21)22)5-4-8-17-15)16(6-2-3-7-16)19-9-11-23-12-10-19/h4-5,8,13H,2-3,6-7,9-12H2,1H3,(H,17,18). The van der Waals surface area contributed by atoms with Gasteiger partial charge in [0.1, 0.15) is 0 Å². The number of hydrogen-bond donors (Lipinski definition) is 1. The Labute approximate surface area is 136 Å². The fourth-order valence-corrected chi connectivity index (χ4v) is 4.01. The number of hydrogen-bond acceptors (Lipinski definition) is 6. The summed E-state index contributed by atoms with van der Waals surface area (Å²) in [4.78, 5) is 17.5. The number of nitrogens with zero attached hydrogens (tertiary/aromatic N) is 3. The maximum Gasteiger partial charge on any atom is 0.311 e. The zero-order valence-corrected chi connectivity index (χ0v) is 13.5. The Kier molecular flexibility index (Phi) is 4.77. The third-order valence-electron chi connectivity index (χ3n) is 5.25. The molecule has 3 rings (SSSR count). The number of aromatic nitrogens is 1. The molecule has 1 saturated heterocycles. The molecule has 2 fully saturated rings. The van der Waals surface area contributed by atoms with Crippen LogP contribution in [0.4, 0.5) is 11.5 Å². The predicted octanol–water partition coefficient (Wildman–Crippen LogP) is 2.44. The second-order valence-electron chi connectivity index (χ2n) is 6.40. The molecule has 1 aliphatic heterocycles. The monoisotopic (exact) mass is 320 g/mol. The van der Waals surface area contributed by atoms with Crippen LogP contribution in [0.1, 0.15) is 32.6 Å². The van der Waals surface area contributed by atoms with Gasteiger partial charge >= 0.3 is 5.69 Å². The first-order valence-corrected chi connectivity index (χ1v) is 8.32. The SMILES string of the molecule is CC(Nc1ncccc1[N+](=O)[O-])C1(N2CCOCC2)CCCC1. The molecule has 1 N–H and O–H groups in total. The highest BCUT2D eigenvalue weighted by Crippen LogP contribution is 2.40. The van der Waals surface area contributed by atoms with E-state index in [9.17, 15) is 10.1 Å². The number of nitrogens with one attached hydrogen (secondary N) is 1. The molecule has 1 atom stereocenters. The van der Waals surface area contributed by atoms with Gasteiger partial charge in [0.2, 0.25) is 5.82 Å². The Balaban J connectivity index is 1.82. The lowest BCUT2D eigenvalue weighted by molar-refractivity contribution is -0.384. The normalized spacial score (nSPS) is 22.7. The third kappa shape index (κ3) is 3.16. The van der Waals surface area contributed by atoms with E-state index in [1.165, 1.54) is 18.9 Å². The summed E-state index contributed by atoms with van der Waals surface area (Å²) in [5.41, 5.74) is 0.0734. The van der Waals surface area contributed by atoms with Crippen LogP contribution in [0.15, 0.2) is 18.3 Å². The minimum atomic E-state index is -0.377. The number of anilines is 1. The summed E-state index contributed by atoms with van der Waals surface area (Å²) in [6.45, 7) is 5.50. The first-order chi connectivity index (χ1) is 11.1. The summed E-state index contributed by atoms with van der Waals surface area (Å²) in [6, 6.07) is 3.19. The molecule has 0 spiro atoms. The Morgan fingerprint density at radius 3 is 2.74 bits per heavy atom. The van der Waals surface area contributed by atoms with Crippen LogP contribution in [0.3, 0.4) is 0 Å². The summed E-state index contributed by atoms with van der Waals surface area (Å²) >= 11 is 0. The van der Waals surface area contributed by atoms with E-state index < -0.39 is 0 Å². The predicted molar refractivity (Wildman–Crippen MR) is 87.6 cm³/mol. The van der Waals surface area contributed by atoms with E-state index in [1.807, 2.05) is 0 Å². The van der Waals surface area contributed by atoms with E-state index in [2.05, 4.69) is 22.1 Å². The Morgan fingerprint density at radius 2 is 2.09 bits per heavy atom. The zero-order chi connectivity index (χ0) is 16.3. The van der Waals surface area contributed by atoms with Gasteiger partial charge in [-0.3, -0.25) is 15.0 Å². The van der Waals surface area contributed by atoms with Crippen LogP contribution >= 0.6 is 0 Å². The number of pyridine rings is 1. The minimum Gasteiger partial charge on any atom is -0.379 e. The van der Waals surface area contributed by atoms with Crippen molar-refractivity contribution in [1.82, 2.24) is 9.88 Å². The Morgan fingerprint density at radius 1 is 1.39 bits per heavy atom. The van der Waals surface area contributed by atoms with Crippen LogP contribution in [0.2, 0.25) is 0 Å². The van der Waals surface area contributed by atoms with Crippen LogP contribution in [-0.2, 0) is 4.74 Å². The first kappa shape index (κ1) is 16.1. The van der Waals surface area contributed by atoms with Gasteiger partial charge in [-0.15, -0.1) is 0 Å². The molecule has 1 aliphatic carbocycles. The molecule has 23 heavy (non-hydrogen) atoms. The van der Waals surface area contributed by atoms with Crippen LogP contribution in [0, 0.1) is 10.1 Å². The van der Waals surface area contributed by atoms with Crippen molar-refractivity contribution in [3.8, 4) is 0 Å². The van der Waals surface area contributed by atoms with Gasteiger partial charge in [-0.2, -0.15) is 0 Å². The summed E-state index contributed by atoms with van der Waals surface area (Å²) in [6.07, 6.45) is 6.23. The fraction of sp³-hybridized carbons (Fsp3) is 0.688. The van der Waals surface area contributed by atoms with E-state index in [0.717, 1.165) is 39.1 Å². The molecular formula is C16H24N4O3. The Bertz CT molecular complexity index is 554. The van der Waals surface area contributed by atoms with Crippen LogP contribution in [0.5, 0.6) is 0 Å². The van der Waals surface area contributed by atoms with Crippen molar-refractivity contribution in [1.29, 1.82) is 0 Å². The van der Waals surface area contributed by atoms with E-state index >= 15 is 0 Å². The average molecular weight is 320 g/mol. The van der Waals surface area contributed by atoms with Crippen molar-refractivity contribution < 1.29 is 9.66 Å². The highest BCUT2D eigenvalue weighted by atomic mass is 16.6. The van der Waals surface area contributed by atoms with Crippen molar-refractivity contribution in [2.45, 2.75) is 44.2 Å². The van der Waals surface area contributed by atoms with Gasteiger partial charge < -0.3 is 10.1 Å². The molecule has 2 heterocycles. The molecule has 1 aromatic heterocycles. The van der Waals surface area contributed by atoms with Crippen LogP contribution in [-0.4, -0.2) is 52.7 Å². The van der Waals surface area contributed by atoms with Gasteiger partial charge in [-0.05, 0) is 25.8 Å². The number of nitro groups is 1. The van der Waals surface area contributed by atoms with Gasteiger partial charge in [0.05, 0.1) is 18.1 Å². The molecule has 7 nitrogen and oxygen atoms in total. The molecule has 1 unspecified atom stereocenters. The summed E-state index contributed by atoms with van der Waals surface area (Å²) < 4.78 is 5.49. The van der Waals surface area contributed by atoms with Crippen LogP contribution in [0.25, 0.3) is 0 Å². The highest BCUT2D eigenvalue weighted by molar-refractivity contribution is 5.56. The van der Waals surface area contributed by atoms with Crippen LogP contribution < -0.4 is 5.32 Å². The molecule has 126 valence electrons. The quantitative estimate of drug-likeness (QED) is 0.663. The highest BCUT2D eigenvalue weighted by Gasteiger charge is 2.45. The molecule has 1 aromatic rings. The first-order valence-electron chi connectivity index (χ1n) is 8.32. The van der Waals surface area contributed by atoms with Crippen molar-refractivity contribution in [3.63, 3.8) is 0 Å². The summed E-state index contributed by atoms with van der Waals surface area (Å²) in [7, 11) is 0. The second kappa shape index (κ2) is 6.80. The average Bonchev–Trinajstić information content (AvgIpc) is 3.07. The lowest BCUT2D eigenvalue weighted by Gasteiger charge is -2.47. The van der Waals surface area contributed by atoms with Crippen molar-refractivity contribution in [2.75, 3.05) is 31.6 Å². The second-order valence-corrected chi connectivity index (χ2v) is 6.40. The minimum absolute atomic E-state index is 0.0366. The molecule has 1 saturated carbocycles. The molecular weight excluding hydrogens is 296 g/mol. The third-order valence-corrected chi connectivity index (χ3v) is 5.25. The molecule has 0 bridgehead atoms. The molecule has 0 amide bonds. The lowest BCUT2D eigenvalue weighted by atomic mass is 9.86. The Hall–Kier alpha value is -1.73. The van der Waals surface area contributed by atoms with E-state index in [-0.39, 0.29) is 22.2 Å². The van der Waals surface area contributed by atoms with Gasteiger partial charge in [0.15, 0.2) is 0 Å². The smallest absolute Gasteiger partial charge is 0.311 e. The zero-order valence-electron chi connectivity index (χ0n) is 13.5. The van der Waals surface area contributed by atoms with E-state index in [4.69, 9.17) is 4.74 Å². The largest absolute Gasteiger partial charge is 0.379 e. The fourth-order valence-electron chi connectivity index (χ4n) is 4.01. The van der Waals surface area contributed by atoms with Crippen molar-refractivity contribution in [3.05, 3.63) is 28.4 Å². The molecule has 0 aromatic carbocycles. The molecule has 7 heteroatoms. The maximum absolute atomic E-state index is 11.2. The number of rotatable bonds is 5. The molecule has 2 aliphatic rings. The van der Waals surface area contributed by atoms with Gasteiger partial charge in [0.25, 0.3) is 0 Å². The van der Waals surface area contributed by atoms with Gasteiger partial charge in [-0.25, -0.2) is 4.98 Å². The lowest BCUT2D eigenvalue weighted by Crippen LogP contribution is -2.59. The van der Waals surface area contributed by atoms with Crippen molar-refractivity contribution >= 4 is 11.5 Å². The topological polar surface area (TPSA) is 80.5 Å². The van der Waals surface area contributed by atoms with Gasteiger partial charge in [0, 0.05) is 36.9 Å². The molecule has 0 radical (unpaired) electrons. The van der Waals surface area contributed by atoms with Gasteiger partial charge in [-0.1, -0.05) is 12.8 Å². The summed E-state index contributed by atoms with van der Waals surface area (Å²) in [5.74, 6) is 0.365. The van der Waals surface area contributed by atoms with E-state index in [0.29, 0.717) is 5.82 Å². The maximum atomic E-state index is 11.2. The summed E-state index contributed by atoms with van der Waals surface area (Å²) in [5, 5.41) is 14.5. The number of morpholine rings is 1. The number of ether oxygens (including phenoxy) is 1. The van der Waals surface area contributed by atoms with Crippen molar-refractivity contribution in [2.24, 2.45) is 0 Å². The van der Waals surface area contributed by atoms with E-state index in [1.54, 1.807) is 12.3 Å².